The average Bonchev–Trinajstić information content (AvgIpc) is 3.11. The van der Waals surface area contributed by atoms with Crippen LogP contribution in [0.3, 0.4) is 0 Å². The van der Waals surface area contributed by atoms with Gasteiger partial charge in [-0.3, -0.25) is 15.0 Å². The molecule has 0 radical (unpaired) electrons. The summed E-state index contributed by atoms with van der Waals surface area (Å²) in [5.41, 5.74) is 5.07. The summed E-state index contributed by atoms with van der Waals surface area (Å²) < 4.78 is 1.39. The normalized spacial score (nSPS) is 13.8. The Kier molecular flexibility index (Phi) is 4.13. The molecule has 8 heteroatoms. The molecular weight excluding hydrogens is 374 g/mol. The molecule has 0 aromatic carbocycles. The number of carbonyl (C=O) groups is 1. The Morgan fingerprint density at radius 2 is 2.08 bits per heavy atom. The predicted octanol–water partition coefficient (Wildman–Crippen LogP) is 4.06. The zero-order valence-electron chi connectivity index (χ0n) is 13.9. The summed E-state index contributed by atoms with van der Waals surface area (Å²) >= 11 is 8.45. The Bertz CT molecular complexity index is 1120. The second-order valence-electron chi connectivity index (χ2n) is 6.26. The van der Waals surface area contributed by atoms with Crippen LogP contribution in [0.1, 0.15) is 44.1 Å². The maximum absolute atomic E-state index is 13.0. The van der Waals surface area contributed by atoms with Crippen molar-refractivity contribution in [3.63, 3.8) is 0 Å². The number of nitrogens with one attached hydrogen (secondary N) is 2. The molecule has 3 aromatic rings. The van der Waals surface area contributed by atoms with Gasteiger partial charge in [0, 0.05) is 15.1 Å². The highest BCUT2D eigenvalue weighted by atomic mass is 32.1. The van der Waals surface area contributed by atoms with Gasteiger partial charge < -0.3 is 4.98 Å². The highest BCUT2D eigenvalue weighted by molar-refractivity contribution is 7.71. The van der Waals surface area contributed by atoms with Gasteiger partial charge in [0.25, 0.3) is 11.5 Å². The number of aryl methyl sites for hydroxylation is 3. The van der Waals surface area contributed by atoms with Gasteiger partial charge in [-0.2, -0.15) is 4.68 Å². The van der Waals surface area contributed by atoms with E-state index in [9.17, 15) is 9.59 Å². The van der Waals surface area contributed by atoms with Gasteiger partial charge in [0.2, 0.25) is 4.77 Å². The fourth-order valence-electron chi connectivity index (χ4n) is 3.24. The van der Waals surface area contributed by atoms with E-state index in [1.165, 1.54) is 20.9 Å². The number of fused-ring (bicyclic) bond motifs is 3. The molecule has 130 valence electrons. The number of H-pyrrole nitrogens is 1. The number of aromatic amines is 1. The maximum atomic E-state index is 13.0. The van der Waals surface area contributed by atoms with Crippen molar-refractivity contribution in [1.82, 2.24) is 9.66 Å². The van der Waals surface area contributed by atoms with Crippen molar-refractivity contribution >= 4 is 51.0 Å². The molecule has 1 aliphatic carbocycles. The molecule has 0 fully saturated rings. The van der Waals surface area contributed by atoms with Crippen LogP contribution < -0.4 is 11.0 Å². The van der Waals surface area contributed by atoms with Crippen LogP contribution in [0.15, 0.2) is 10.2 Å². The molecule has 2 N–H and O–H groups in total. The lowest BCUT2D eigenvalue weighted by Crippen LogP contribution is -2.34. The third kappa shape index (κ3) is 2.68. The van der Waals surface area contributed by atoms with E-state index in [-0.39, 0.29) is 16.2 Å². The van der Waals surface area contributed by atoms with Crippen LogP contribution in [-0.4, -0.2) is 15.6 Å². The Balaban J connectivity index is 1.82. The second-order valence-corrected chi connectivity index (χ2v) is 8.83. The van der Waals surface area contributed by atoms with Crippen molar-refractivity contribution in [1.29, 1.82) is 0 Å². The summed E-state index contributed by atoms with van der Waals surface area (Å²) in [7, 11) is 0. The van der Waals surface area contributed by atoms with Gasteiger partial charge in [-0.15, -0.1) is 22.7 Å². The first-order valence-electron chi connectivity index (χ1n) is 8.13. The molecule has 4 rings (SSSR count). The first-order valence-corrected chi connectivity index (χ1v) is 10.2. The smallest absolute Gasteiger partial charge is 0.282 e. The molecule has 25 heavy (non-hydrogen) atoms. The monoisotopic (exact) mass is 391 g/mol. The molecule has 0 spiro atoms. The molecule has 0 bridgehead atoms. The number of aromatic nitrogens is 2. The first kappa shape index (κ1) is 16.7. The summed E-state index contributed by atoms with van der Waals surface area (Å²) in [6.45, 7) is 3.88. The largest absolute Gasteiger partial charge is 0.322 e. The number of thiophene rings is 2. The fraction of sp³-hybridized carbons (Fsp3) is 0.353. The van der Waals surface area contributed by atoms with E-state index in [2.05, 4.69) is 10.4 Å². The molecule has 0 aliphatic heterocycles. The maximum Gasteiger partial charge on any atom is 0.282 e. The Morgan fingerprint density at radius 1 is 1.32 bits per heavy atom. The third-order valence-electron chi connectivity index (χ3n) is 4.76. The van der Waals surface area contributed by atoms with Crippen LogP contribution in [0.2, 0.25) is 0 Å². The van der Waals surface area contributed by atoms with Gasteiger partial charge in [0.15, 0.2) is 0 Å². The zero-order valence-corrected chi connectivity index (χ0v) is 16.3. The Labute approximate surface area is 157 Å². The molecule has 1 aliphatic rings. The lowest BCUT2D eigenvalue weighted by atomic mass is 9.97. The number of hydrogen-bond donors (Lipinski definition) is 2. The minimum atomic E-state index is -0.313. The Hall–Kier alpha value is -1.77. The number of rotatable bonds is 2. The topological polar surface area (TPSA) is 66.9 Å². The number of nitrogens with zero attached hydrogens (tertiary/aromatic N) is 1. The van der Waals surface area contributed by atoms with Gasteiger partial charge in [-0.05, 0) is 62.9 Å². The van der Waals surface area contributed by atoms with E-state index >= 15 is 0 Å². The molecular formula is C17H17N3O2S3. The van der Waals surface area contributed by atoms with Gasteiger partial charge >= 0.3 is 0 Å². The van der Waals surface area contributed by atoms with Gasteiger partial charge in [0.1, 0.15) is 4.83 Å². The third-order valence-corrected chi connectivity index (χ3v) is 7.26. The van der Waals surface area contributed by atoms with Crippen LogP contribution in [0.4, 0.5) is 0 Å². The van der Waals surface area contributed by atoms with E-state index in [4.69, 9.17) is 12.2 Å². The summed E-state index contributed by atoms with van der Waals surface area (Å²) in [4.78, 5) is 31.9. The lowest BCUT2D eigenvalue weighted by Gasteiger charge is -2.11. The van der Waals surface area contributed by atoms with Crippen molar-refractivity contribution in [2.75, 3.05) is 5.43 Å². The van der Waals surface area contributed by atoms with Crippen LogP contribution in [-0.2, 0) is 12.8 Å². The molecule has 3 aromatic heterocycles. The molecule has 3 heterocycles. The molecule has 5 nitrogen and oxygen atoms in total. The second kappa shape index (κ2) is 6.19. The summed E-state index contributed by atoms with van der Waals surface area (Å²) in [5.74, 6) is -0.313. The number of carbonyl (C=O) groups excluding carboxylic acids is 1. The van der Waals surface area contributed by atoms with Crippen LogP contribution in [0.5, 0.6) is 0 Å². The van der Waals surface area contributed by atoms with Crippen molar-refractivity contribution in [2.24, 2.45) is 0 Å². The summed E-state index contributed by atoms with van der Waals surface area (Å²) in [6, 6.07) is 0. The average molecular weight is 392 g/mol. The van der Waals surface area contributed by atoms with Gasteiger partial charge in [0.05, 0.1) is 10.9 Å². The van der Waals surface area contributed by atoms with Crippen LogP contribution in [0.25, 0.3) is 10.2 Å². The van der Waals surface area contributed by atoms with Crippen molar-refractivity contribution < 1.29 is 4.79 Å². The quantitative estimate of drug-likeness (QED) is 0.648. The number of hydrogen-bond acceptors (Lipinski definition) is 5. The molecule has 0 saturated heterocycles. The Morgan fingerprint density at radius 3 is 2.80 bits per heavy atom. The van der Waals surface area contributed by atoms with Crippen molar-refractivity contribution in [3.8, 4) is 0 Å². The highest BCUT2D eigenvalue weighted by Crippen LogP contribution is 2.33. The molecule has 0 unspecified atom stereocenters. The van der Waals surface area contributed by atoms with Crippen LogP contribution >= 0.6 is 34.9 Å². The minimum Gasteiger partial charge on any atom is -0.322 e. The molecule has 0 atom stereocenters. The molecule has 0 saturated carbocycles. The van der Waals surface area contributed by atoms with Crippen molar-refractivity contribution in [2.45, 2.75) is 39.5 Å². The van der Waals surface area contributed by atoms with E-state index < -0.39 is 0 Å². The van der Waals surface area contributed by atoms with Gasteiger partial charge in [-0.1, -0.05) is 0 Å². The number of amides is 1. The fourth-order valence-corrected chi connectivity index (χ4v) is 5.68. The predicted molar refractivity (Wildman–Crippen MR) is 105 cm³/mol. The van der Waals surface area contributed by atoms with E-state index in [0.717, 1.165) is 46.5 Å². The molecule has 1 amide bonds. The van der Waals surface area contributed by atoms with Gasteiger partial charge in [-0.25, -0.2) is 0 Å². The SMILES string of the molecule is Cc1scc(C(=O)Nn2c(=S)[nH]c3sc4c(c3c2=O)CCCC4)c1C. The van der Waals surface area contributed by atoms with E-state index in [1.807, 2.05) is 19.2 Å². The summed E-state index contributed by atoms with van der Waals surface area (Å²) in [5, 5.41) is 2.48. The van der Waals surface area contributed by atoms with Crippen molar-refractivity contribution in [3.05, 3.63) is 46.9 Å². The lowest BCUT2D eigenvalue weighted by molar-refractivity contribution is 0.101. The zero-order chi connectivity index (χ0) is 17.7. The first-order chi connectivity index (χ1) is 12.0. The minimum absolute atomic E-state index is 0.217. The highest BCUT2D eigenvalue weighted by Gasteiger charge is 2.21. The standard InChI is InChI=1S/C17H17N3O2S3/c1-8-9(2)24-7-11(8)14(21)19-20-16(22)13-10-5-3-4-6-12(10)25-15(13)18-17(20)23/h7H,3-6H2,1-2H3,(H,18,23)(H,19,21). The summed E-state index contributed by atoms with van der Waals surface area (Å²) in [6.07, 6.45) is 4.16. The van der Waals surface area contributed by atoms with E-state index in [0.29, 0.717) is 10.9 Å². The van der Waals surface area contributed by atoms with Crippen LogP contribution in [0, 0.1) is 18.6 Å². The van der Waals surface area contributed by atoms with E-state index in [1.54, 1.807) is 11.3 Å².